The second-order valence-corrected chi connectivity index (χ2v) is 14.0. The second-order valence-electron chi connectivity index (χ2n) is 14.0. The van der Waals surface area contributed by atoms with Gasteiger partial charge in [-0.15, -0.1) is 0 Å². The van der Waals surface area contributed by atoms with Crippen LogP contribution in [0.4, 0.5) is 0 Å². The van der Waals surface area contributed by atoms with Crippen LogP contribution in [-0.2, 0) is 54.8 Å². The molecule has 2 N–H and O–H groups in total. The molecule has 2 heterocycles. The Balaban J connectivity index is 0.797. The summed E-state index contributed by atoms with van der Waals surface area (Å²) in [5, 5.41) is 20.6. The van der Waals surface area contributed by atoms with Gasteiger partial charge in [-0.05, 0) is 84.6 Å². The Bertz CT molecular complexity index is 1550. The molecule has 55 heavy (non-hydrogen) atoms. The fourth-order valence-corrected chi connectivity index (χ4v) is 5.10. The molecule has 4 atom stereocenters. The van der Waals surface area contributed by atoms with Crippen LogP contribution < -0.4 is 18.9 Å². The lowest BCUT2D eigenvalue weighted by molar-refractivity contribution is -0.226. The van der Waals surface area contributed by atoms with Crippen molar-refractivity contribution in [3.05, 3.63) is 119 Å². The normalized spacial score (nSPS) is 17.3. The molecule has 0 aliphatic carbocycles. The number of ether oxygens (including phenoxy) is 10. The van der Waals surface area contributed by atoms with E-state index >= 15 is 0 Å². The summed E-state index contributed by atoms with van der Waals surface area (Å²) in [6, 6.07) is 30.4. The largest absolute Gasteiger partial charge is 0.491 e. The fraction of sp³-hybridized carbons (Fsp3) is 0.442. The van der Waals surface area contributed by atoms with Crippen LogP contribution in [0.2, 0.25) is 0 Å². The van der Waals surface area contributed by atoms with E-state index in [0.717, 1.165) is 47.0 Å². The average Bonchev–Trinajstić information content (AvgIpc) is 4.15. The van der Waals surface area contributed by atoms with Crippen molar-refractivity contribution < 1.29 is 57.6 Å². The van der Waals surface area contributed by atoms with Gasteiger partial charge in [-0.1, -0.05) is 48.5 Å². The minimum Gasteiger partial charge on any atom is -0.491 e. The van der Waals surface area contributed by atoms with Crippen LogP contribution in [0.5, 0.6) is 23.0 Å². The van der Waals surface area contributed by atoms with E-state index in [1.807, 2.05) is 111 Å². The average molecular weight is 761 g/mol. The van der Waals surface area contributed by atoms with Gasteiger partial charge >= 0.3 is 0 Å². The molecule has 6 rings (SSSR count). The van der Waals surface area contributed by atoms with Crippen molar-refractivity contribution in [3.8, 4) is 23.0 Å². The zero-order valence-corrected chi connectivity index (χ0v) is 31.5. The van der Waals surface area contributed by atoms with Crippen LogP contribution in [0.15, 0.2) is 97.1 Å². The first-order valence-electron chi connectivity index (χ1n) is 18.6. The van der Waals surface area contributed by atoms with Crippen LogP contribution in [0.25, 0.3) is 0 Å². The van der Waals surface area contributed by atoms with Gasteiger partial charge in [-0.2, -0.15) is 0 Å². The Morgan fingerprint density at radius 2 is 0.800 bits per heavy atom. The van der Waals surface area contributed by atoms with Crippen LogP contribution in [-0.4, -0.2) is 93.3 Å². The van der Waals surface area contributed by atoms with Gasteiger partial charge in [-0.3, -0.25) is 0 Å². The summed E-state index contributed by atoms with van der Waals surface area (Å²) in [5.74, 6) is 2.05. The Labute approximate surface area is 322 Å². The molecule has 0 amide bonds. The number of epoxide rings is 2. The molecule has 2 fully saturated rings. The van der Waals surface area contributed by atoms with Crippen LogP contribution in [0, 0.1) is 0 Å². The summed E-state index contributed by atoms with van der Waals surface area (Å²) < 4.78 is 56.5. The highest BCUT2D eigenvalue weighted by molar-refractivity contribution is 5.29. The van der Waals surface area contributed by atoms with Gasteiger partial charge in [-0.25, -0.2) is 0 Å². The Morgan fingerprint density at radius 3 is 1.13 bits per heavy atom. The molecule has 4 aromatic carbocycles. The van der Waals surface area contributed by atoms with Crippen molar-refractivity contribution in [1.29, 1.82) is 0 Å². The Kier molecular flexibility index (Phi) is 15.1. The summed E-state index contributed by atoms with van der Waals surface area (Å²) in [5.41, 5.74) is 3.90. The molecule has 4 aromatic rings. The van der Waals surface area contributed by atoms with Crippen molar-refractivity contribution in [2.24, 2.45) is 0 Å². The number of hydrogen-bond donors (Lipinski definition) is 2. The molecule has 2 aliphatic heterocycles. The van der Waals surface area contributed by atoms with E-state index in [2.05, 4.69) is 0 Å². The molecular formula is C43H52O12. The third-order valence-corrected chi connectivity index (χ3v) is 8.59. The SMILES string of the molecule is CC(C)(OCc1ccc(OCC(O)COCc2ccc(OCC3CO3)cc2)cc1)OCc1ccc(OCC(O)COCc2ccc(OCC3CO3)cc2)cc1. The van der Waals surface area contributed by atoms with Crippen LogP contribution >= 0.6 is 0 Å². The van der Waals surface area contributed by atoms with Crippen molar-refractivity contribution in [2.75, 3.05) is 52.9 Å². The highest BCUT2D eigenvalue weighted by Gasteiger charge is 2.24. The lowest BCUT2D eigenvalue weighted by Gasteiger charge is -2.26. The summed E-state index contributed by atoms with van der Waals surface area (Å²) in [6.45, 7) is 8.42. The zero-order chi connectivity index (χ0) is 38.3. The minimum atomic E-state index is -0.832. The molecule has 0 saturated carbocycles. The van der Waals surface area contributed by atoms with Gasteiger partial charge in [0.1, 0.15) is 73.8 Å². The van der Waals surface area contributed by atoms with E-state index in [1.165, 1.54) is 0 Å². The Hall–Kier alpha value is -4.24. The summed E-state index contributed by atoms with van der Waals surface area (Å²) in [6.07, 6.45) is -1.09. The first kappa shape index (κ1) is 40.4. The highest BCUT2D eigenvalue weighted by Crippen LogP contribution is 2.22. The van der Waals surface area contributed by atoms with E-state index < -0.39 is 18.0 Å². The second kappa shape index (κ2) is 20.6. The number of aliphatic hydroxyl groups is 2. The van der Waals surface area contributed by atoms with Gasteiger partial charge < -0.3 is 57.6 Å². The topological polar surface area (TPSA) is 139 Å². The maximum Gasteiger partial charge on any atom is 0.163 e. The third kappa shape index (κ3) is 15.4. The molecule has 2 aliphatic rings. The van der Waals surface area contributed by atoms with E-state index in [9.17, 15) is 10.2 Å². The Morgan fingerprint density at radius 1 is 0.491 bits per heavy atom. The van der Waals surface area contributed by atoms with Gasteiger partial charge in [0.15, 0.2) is 5.79 Å². The van der Waals surface area contributed by atoms with Crippen molar-refractivity contribution in [3.63, 3.8) is 0 Å². The number of benzene rings is 4. The van der Waals surface area contributed by atoms with Crippen LogP contribution in [0.3, 0.4) is 0 Å². The van der Waals surface area contributed by atoms with E-state index in [0.29, 0.717) is 51.1 Å². The predicted molar refractivity (Wildman–Crippen MR) is 202 cm³/mol. The maximum absolute atomic E-state index is 10.3. The van der Waals surface area contributed by atoms with Crippen molar-refractivity contribution >= 4 is 0 Å². The summed E-state index contributed by atoms with van der Waals surface area (Å²) in [4.78, 5) is 0. The molecular weight excluding hydrogens is 708 g/mol. The zero-order valence-electron chi connectivity index (χ0n) is 31.5. The first-order chi connectivity index (χ1) is 26.7. The highest BCUT2D eigenvalue weighted by atomic mass is 16.7. The monoisotopic (exact) mass is 760 g/mol. The lowest BCUT2D eigenvalue weighted by Crippen LogP contribution is -2.28. The third-order valence-electron chi connectivity index (χ3n) is 8.59. The molecule has 0 spiro atoms. The van der Waals surface area contributed by atoms with Gasteiger partial charge in [0.2, 0.25) is 0 Å². The van der Waals surface area contributed by atoms with E-state index in [4.69, 9.17) is 47.4 Å². The quantitative estimate of drug-likeness (QED) is 0.0607. The van der Waals surface area contributed by atoms with Gasteiger partial charge in [0, 0.05) is 0 Å². The van der Waals surface area contributed by atoms with E-state index in [-0.39, 0.29) is 38.6 Å². The maximum atomic E-state index is 10.3. The molecule has 0 radical (unpaired) electrons. The molecule has 0 aromatic heterocycles. The number of rotatable bonds is 26. The number of hydrogen-bond acceptors (Lipinski definition) is 12. The predicted octanol–water partition coefficient (Wildman–Crippen LogP) is 5.62. The first-order valence-corrected chi connectivity index (χ1v) is 18.6. The molecule has 4 unspecified atom stereocenters. The summed E-state index contributed by atoms with van der Waals surface area (Å²) in [7, 11) is 0. The van der Waals surface area contributed by atoms with E-state index in [1.54, 1.807) is 0 Å². The fourth-order valence-electron chi connectivity index (χ4n) is 5.10. The summed E-state index contributed by atoms with van der Waals surface area (Å²) >= 11 is 0. The lowest BCUT2D eigenvalue weighted by atomic mass is 10.2. The van der Waals surface area contributed by atoms with Gasteiger partial charge in [0.05, 0.1) is 52.9 Å². The molecule has 12 heteroatoms. The van der Waals surface area contributed by atoms with Gasteiger partial charge in [0.25, 0.3) is 0 Å². The smallest absolute Gasteiger partial charge is 0.163 e. The molecule has 0 bridgehead atoms. The number of aliphatic hydroxyl groups excluding tert-OH is 2. The molecule has 2 saturated heterocycles. The van der Waals surface area contributed by atoms with Crippen LogP contribution in [0.1, 0.15) is 36.1 Å². The minimum absolute atomic E-state index is 0.112. The standard InChI is InChI=1S/C43H52O12/c1-43(2,54-21-33-7-15-37(16-8-33)48-25-35(44)23-46-19-31-3-11-39(12-4-31)50-27-41-29-52-41)55-22-34-9-17-38(18-10-34)49-26-36(45)24-47-20-32-5-13-40(14-6-32)51-28-42-30-53-42/h3-18,35-36,41-42,44-45H,19-30H2,1-2H3. The van der Waals surface area contributed by atoms with Crippen molar-refractivity contribution in [1.82, 2.24) is 0 Å². The molecule has 296 valence electrons. The van der Waals surface area contributed by atoms with Crippen molar-refractivity contribution in [2.45, 2.75) is 70.5 Å². The molecule has 12 nitrogen and oxygen atoms in total.